The molecule has 214 valence electrons. The quantitative estimate of drug-likeness (QED) is 0.237. The van der Waals surface area contributed by atoms with Gasteiger partial charge >= 0.3 is 5.97 Å². The third kappa shape index (κ3) is 8.14. The highest BCUT2D eigenvalue weighted by molar-refractivity contribution is 7.13. The fraction of sp³-hybridized carbons (Fsp3) is 0.613. The van der Waals surface area contributed by atoms with Gasteiger partial charge in [0.15, 0.2) is 6.29 Å². The van der Waals surface area contributed by atoms with Crippen LogP contribution in [-0.4, -0.2) is 47.8 Å². The molecule has 0 spiro atoms. The average molecular weight is 548 g/mol. The minimum atomic E-state index is -0.871. The Bertz CT molecular complexity index is 1020. The fourth-order valence-electron chi connectivity index (χ4n) is 4.51. The van der Waals surface area contributed by atoms with Crippen LogP contribution in [-0.2, 0) is 16.6 Å². The molecular weight excluding hydrogens is 498 g/mol. The van der Waals surface area contributed by atoms with Gasteiger partial charge in [-0.1, -0.05) is 67.0 Å². The van der Waals surface area contributed by atoms with E-state index < -0.39 is 17.6 Å². The van der Waals surface area contributed by atoms with Crippen molar-refractivity contribution in [2.24, 2.45) is 5.41 Å². The normalized spacial score (nSPS) is 14.2. The second-order valence-corrected chi connectivity index (χ2v) is 12.1. The number of aldehydes is 1. The van der Waals surface area contributed by atoms with E-state index in [1.54, 1.807) is 25.3 Å². The number of carboxylic acid groups (broad SMARTS) is 1. The lowest BCUT2D eigenvalue weighted by atomic mass is 9.74. The minimum absolute atomic E-state index is 0.108. The van der Waals surface area contributed by atoms with Gasteiger partial charge in [0, 0.05) is 10.3 Å². The summed E-state index contributed by atoms with van der Waals surface area (Å²) in [6.45, 7) is 16.8. The number of benzene rings is 1. The lowest BCUT2D eigenvalue weighted by Crippen LogP contribution is -2.47. The summed E-state index contributed by atoms with van der Waals surface area (Å²) in [5.74, 6) is 0.0356. The van der Waals surface area contributed by atoms with Crippen LogP contribution in [0.1, 0.15) is 107 Å². The van der Waals surface area contributed by atoms with Crippen LogP contribution in [0, 0.1) is 5.41 Å². The van der Waals surface area contributed by atoms with Gasteiger partial charge in [-0.2, -0.15) is 0 Å². The van der Waals surface area contributed by atoms with E-state index in [-0.39, 0.29) is 17.4 Å². The summed E-state index contributed by atoms with van der Waals surface area (Å²) in [7, 11) is 1.61. The number of hydrogen-bond acceptors (Lipinski definition) is 6. The molecule has 0 aliphatic heterocycles. The number of ether oxygens (including phenoxy) is 1. The number of aryl methyl sites for hydroxylation is 1. The maximum absolute atomic E-state index is 11.3. The molecule has 0 amide bonds. The number of nitrogens with one attached hydrogen (secondary N) is 1. The van der Waals surface area contributed by atoms with Gasteiger partial charge in [0.05, 0.1) is 4.88 Å². The molecule has 0 bridgehead atoms. The van der Waals surface area contributed by atoms with Crippen molar-refractivity contribution in [2.45, 2.75) is 105 Å². The van der Waals surface area contributed by atoms with Gasteiger partial charge in [-0.3, -0.25) is 9.59 Å². The predicted molar refractivity (Wildman–Crippen MR) is 158 cm³/mol. The second kappa shape index (κ2) is 14.8. The van der Waals surface area contributed by atoms with Crippen LogP contribution in [0.25, 0.3) is 0 Å². The summed E-state index contributed by atoms with van der Waals surface area (Å²) >= 11 is 1.59. The number of carbonyl (C=O) groups is 2. The summed E-state index contributed by atoms with van der Waals surface area (Å²) in [5, 5.41) is 21.9. The van der Waals surface area contributed by atoms with Gasteiger partial charge in [-0.25, -0.2) is 0 Å². The number of rotatable bonds is 13. The van der Waals surface area contributed by atoms with Crippen LogP contribution >= 0.6 is 11.3 Å². The Kier molecular flexibility index (Phi) is 13.2. The molecule has 1 aromatic heterocycles. The molecule has 2 unspecified atom stereocenters. The molecule has 38 heavy (non-hydrogen) atoms. The Morgan fingerprint density at radius 2 is 1.74 bits per heavy atom. The first-order chi connectivity index (χ1) is 17.8. The maximum Gasteiger partial charge on any atom is 0.320 e. The highest BCUT2D eigenvalue weighted by Gasteiger charge is 2.40. The number of aliphatic hydroxyl groups is 1. The molecule has 0 radical (unpaired) electrons. The van der Waals surface area contributed by atoms with Crippen LogP contribution in [0.5, 0.6) is 5.75 Å². The Morgan fingerprint density at radius 1 is 1.11 bits per heavy atom. The fourth-order valence-corrected chi connectivity index (χ4v) is 5.69. The van der Waals surface area contributed by atoms with Crippen LogP contribution in [0.3, 0.4) is 0 Å². The van der Waals surface area contributed by atoms with Crippen LogP contribution in [0.15, 0.2) is 30.3 Å². The van der Waals surface area contributed by atoms with Crippen molar-refractivity contribution in [3.05, 3.63) is 51.2 Å². The van der Waals surface area contributed by atoms with E-state index >= 15 is 0 Å². The van der Waals surface area contributed by atoms with Crippen molar-refractivity contribution in [1.82, 2.24) is 5.32 Å². The van der Waals surface area contributed by atoms with Gasteiger partial charge in [0.1, 0.15) is 24.0 Å². The van der Waals surface area contributed by atoms with E-state index in [4.69, 9.17) is 9.84 Å². The monoisotopic (exact) mass is 547 g/mol. The van der Waals surface area contributed by atoms with E-state index in [2.05, 4.69) is 78.0 Å². The van der Waals surface area contributed by atoms with Crippen molar-refractivity contribution >= 4 is 23.6 Å². The number of hydrogen-bond donors (Lipinski definition) is 3. The third-order valence-corrected chi connectivity index (χ3v) is 8.96. The van der Waals surface area contributed by atoms with Crippen molar-refractivity contribution in [3.8, 4) is 5.75 Å². The van der Waals surface area contributed by atoms with Gasteiger partial charge in [-0.15, -0.1) is 11.3 Å². The van der Waals surface area contributed by atoms with Crippen molar-refractivity contribution in [2.75, 3.05) is 13.7 Å². The molecule has 1 heterocycles. The van der Waals surface area contributed by atoms with E-state index in [0.717, 1.165) is 48.2 Å². The zero-order valence-electron chi connectivity index (χ0n) is 24.8. The summed E-state index contributed by atoms with van der Waals surface area (Å²) in [4.78, 5) is 23.1. The van der Waals surface area contributed by atoms with Gasteiger partial charge in [0.25, 0.3) is 0 Å². The van der Waals surface area contributed by atoms with E-state index in [9.17, 15) is 14.7 Å². The molecule has 2 aromatic rings. The lowest BCUT2D eigenvalue weighted by Gasteiger charge is -2.40. The average Bonchev–Trinajstić information content (AvgIpc) is 3.38. The van der Waals surface area contributed by atoms with Gasteiger partial charge in [-0.05, 0) is 74.4 Å². The molecule has 0 aliphatic rings. The van der Waals surface area contributed by atoms with E-state index in [1.807, 2.05) is 6.07 Å². The maximum atomic E-state index is 11.3. The number of thiophene rings is 1. The van der Waals surface area contributed by atoms with Crippen molar-refractivity contribution in [3.63, 3.8) is 0 Å². The van der Waals surface area contributed by atoms with Crippen LogP contribution in [0.2, 0.25) is 0 Å². The smallest absolute Gasteiger partial charge is 0.320 e. The highest BCUT2D eigenvalue weighted by Crippen LogP contribution is 2.43. The molecule has 3 N–H and O–H groups in total. The summed E-state index contributed by atoms with van der Waals surface area (Å²) in [6, 6.07) is 10.1. The Labute approximate surface area is 233 Å². The molecule has 6 nitrogen and oxygen atoms in total. The first-order valence-electron chi connectivity index (χ1n) is 13.7. The van der Waals surface area contributed by atoms with E-state index in [0.29, 0.717) is 6.42 Å². The van der Waals surface area contributed by atoms with Gasteiger partial charge in [0.2, 0.25) is 0 Å². The Balaban J connectivity index is 0.000000905. The number of likely N-dealkylation sites (N-methyl/N-ethyl adjacent to an activating group) is 1. The largest absolute Gasteiger partial charge is 0.490 e. The highest BCUT2D eigenvalue weighted by atomic mass is 32.1. The molecule has 0 saturated heterocycles. The molecular formula is C31H49NO5S. The topological polar surface area (TPSA) is 95.9 Å². The van der Waals surface area contributed by atoms with E-state index in [1.165, 1.54) is 10.4 Å². The molecule has 2 rings (SSSR count). The van der Waals surface area contributed by atoms with Crippen molar-refractivity contribution in [1.29, 1.82) is 0 Å². The molecule has 1 aromatic carbocycles. The Hall–Kier alpha value is -2.22. The predicted octanol–water partition coefficient (Wildman–Crippen LogP) is 6.86. The molecule has 0 fully saturated rings. The van der Waals surface area contributed by atoms with Gasteiger partial charge < -0.3 is 20.3 Å². The Morgan fingerprint density at radius 3 is 2.13 bits per heavy atom. The SMILES string of the molecule is CCCC(O)(COc1ccc(C(CC)(CC)c2ccc(C=O)s2)cc1CC)C(C)(C)C.CNC(C)C(=O)O. The van der Waals surface area contributed by atoms with Crippen LogP contribution in [0.4, 0.5) is 0 Å². The number of carbonyl (C=O) groups excluding carboxylic acids is 1. The molecule has 0 aliphatic carbocycles. The third-order valence-electron chi connectivity index (χ3n) is 7.75. The first-order valence-corrected chi connectivity index (χ1v) is 14.5. The minimum Gasteiger partial charge on any atom is -0.490 e. The zero-order valence-corrected chi connectivity index (χ0v) is 25.6. The molecule has 0 saturated carbocycles. The second-order valence-electron chi connectivity index (χ2n) is 11.0. The van der Waals surface area contributed by atoms with Crippen LogP contribution < -0.4 is 10.1 Å². The summed E-state index contributed by atoms with van der Waals surface area (Å²) < 4.78 is 6.24. The standard InChI is InChI=1S/C27H40O3S.C4H9NO2/c1-8-16-27(29,25(5,6)7)19-30-23-14-12-21(17-20(23)9-2)26(10-3,11-4)24-15-13-22(18-28)31-24;1-3(5-2)4(6)7/h12-15,17-18,29H,8-11,16,19H2,1-7H3;3,5H,1-2H3,(H,6,7). The number of carboxylic acids is 1. The summed E-state index contributed by atoms with van der Waals surface area (Å²) in [5.41, 5.74) is 1.18. The first kappa shape index (κ1) is 33.8. The van der Waals surface area contributed by atoms with Crippen molar-refractivity contribution < 1.29 is 24.5 Å². The molecule has 2 atom stereocenters. The zero-order chi connectivity index (χ0) is 29.1. The number of aliphatic carboxylic acids is 1. The molecule has 7 heteroatoms. The summed E-state index contributed by atoms with van der Waals surface area (Å²) in [6.07, 6.45) is 5.35. The lowest BCUT2D eigenvalue weighted by molar-refractivity contribution is -0.138.